The monoisotopic (exact) mass is 419 g/mol. The highest BCUT2D eigenvalue weighted by atomic mass is 16.7. The topological polar surface area (TPSA) is 78.2 Å². The van der Waals surface area contributed by atoms with Crippen LogP contribution in [0.15, 0.2) is 66.7 Å². The zero-order valence-electron chi connectivity index (χ0n) is 17.1. The molecule has 160 valence electrons. The van der Waals surface area contributed by atoms with Crippen molar-refractivity contribution in [2.45, 2.75) is 6.54 Å². The molecule has 3 aromatic rings. The second kappa shape index (κ2) is 8.00. The highest BCUT2D eigenvalue weighted by Crippen LogP contribution is 2.33. The summed E-state index contributed by atoms with van der Waals surface area (Å²) in [6.07, 6.45) is -0.557. The average molecular weight is 419 g/mol. The van der Waals surface area contributed by atoms with E-state index < -0.39 is 6.09 Å². The van der Waals surface area contributed by atoms with Crippen LogP contribution in [-0.2, 0) is 6.54 Å². The summed E-state index contributed by atoms with van der Waals surface area (Å²) < 4.78 is 0.739. The Bertz CT molecular complexity index is 1050. The van der Waals surface area contributed by atoms with Crippen LogP contribution < -0.4 is 4.84 Å². The third-order valence-corrected chi connectivity index (χ3v) is 6.23. The van der Waals surface area contributed by atoms with Crippen molar-refractivity contribution in [1.82, 2.24) is 14.5 Å². The van der Waals surface area contributed by atoms with Crippen LogP contribution in [0.3, 0.4) is 0 Å². The number of aromatic nitrogens is 1. The lowest BCUT2D eigenvalue weighted by atomic mass is 10.0. The molecule has 1 amide bonds. The van der Waals surface area contributed by atoms with E-state index in [1.807, 2.05) is 6.07 Å². The molecule has 0 spiro atoms. The van der Waals surface area contributed by atoms with Gasteiger partial charge in [-0.25, -0.2) is 4.79 Å². The second-order valence-electron chi connectivity index (χ2n) is 8.39. The highest BCUT2D eigenvalue weighted by Gasteiger charge is 2.42. The Morgan fingerprint density at radius 3 is 2.16 bits per heavy atom. The van der Waals surface area contributed by atoms with Crippen molar-refractivity contribution < 1.29 is 19.8 Å². The number of rotatable bonds is 4. The molecular weight excluding hydrogens is 394 g/mol. The van der Waals surface area contributed by atoms with E-state index in [9.17, 15) is 15.0 Å². The van der Waals surface area contributed by atoms with Gasteiger partial charge in [-0.2, -0.15) is 0 Å². The fraction of sp³-hybridized carbons (Fsp3) is 0.292. The molecule has 2 saturated heterocycles. The second-order valence-corrected chi connectivity index (χ2v) is 8.39. The van der Waals surface area contributed by atoms with Crippen LogP contribution in [0.5, 0.6) is 11.8 Å². The maximum Gasteiger partial charge on any atom is 0.434 e. The summed E-state index contributed by atoms with van der Waals surface area (Å²) in [5.41, 5.74) is 3.73. The number of amides is 1. The summed E-state index contributed by atoms with van der Waals surface area (Å²) in [7, 11) is 0. The van der Waals surface area contributed by atoms with E-state index in [0.717, 1.165) is 24.4 Å². The summed E-state index contributed by atoms with van der Waals surface area (Å²) in [6, 6.07) is 21.6. The standard InChI is InChI=1S/C24H25N3O4/c28-22-9-10-23(29)27(22)31-24(30)26-15-20-13-25(14-21(20)16-26)12-17-5-4-8-19(11-17)18-6-2-1-3-7-18/h1-11,20-21,28-29H,12-16H2. The Morgan fingerprint density at radius 1 is 0.839 bits per heavy atom. The number of likely N-dealkylation sites (tertiary alicyclic amines) is 2. The molecule has 31 heavy (non-hydrogen) atoms. The summed E-state index contributed by atoms with van der Waals surface area (Å²) in [5, 5.41) is 19.3. The van der Waals surface area contributed by atoms with Crippen LogP contribution in [-0.4, -0.2) is 57.0 Å². The number of hydrogen-bond acceptors (Lipinski definition) is 5. The van der Waals surface area contributed by atoms with Gasteiger partial charge in [-0.15, -0.1) is 4.73 Å². The minimum atomic E-state index is -0.557. The van der Waals surface area contributed by atoms with Crippen molar-refractivity contribution >= 4 is 6.09 Å². The molecule has 2 unspecified atom stereocenters. The van der Waals surface area contributed by atoms with E-state index >= 15 is 0 Å². The maximum absolute atomic E-state index is 12.4. The predicted octanol–water partition coefficient (Wildman–Crippen LogP) is 3.18. The summed E-state index contributed by atoms with van der Waals surface area (Å²) in [4.78, 5) is 21.7. The minimum Gasteiger partial charge on any atom is -0.492 e. The first kappa shape index (κ1) is 19.5. The third-order valence-electron chi connectivity index (χ3n) is 6.23. The van der Waals surface area contributed by atoms with Crippen LogP contribution >= 0.6 is 0 Å². The molecule has 3 heterocycles. The van der Waals surface area contributed by atoms with Crippen molar-refractivity contribution in [3.63, 3.8) is 0 Å². The zero-order valence-corrected chi connectivity index (χ0v) is 17.1. The van der Waals surface area contributed by atoms with E-state index in [1.165, 1.54) is 28.8 Å². The van der Waals surface area contributed by atoms with Crippen LogP contribution in [0.25, 0.3) is 11.1 Å². The van der Waals surface area contributed by atoms with Crippen molar-refractivity contribution in [3.8, 4) is 22.9 Å². The Balaban J connectivity index is 1.18. The first-order valence-electron chi connectivity index (χ1n) is 10.5. The molecule has 0 radical (unpaired) electrons. The lowest BCUT2D eigenvalue weighted by Gasteiger charge is -2.21. The van der Waals surface area contributed by atoms with Crippen molar-refractivity contribution in [2.24, 2.45) is 11.8 Å². The van der Waals surface area contributed by atoms with Gasteiger partial charge >= 0.3 is 6.09 Å². The highest BCUT2D eigenvalue weighted by molar-refractivity contribution is 5.68. The molecule has 2 aliphatic rings. The normalized spacial score (nSPS) is 20.7. The lowest BCUT2D eigenvalue weighted by Crippen LogP contribution is -2.37. The smallest absolute Gasteiger partial charge is 0.434 e. The van der Waals surface area contributed by atoms with Gasteiger partial charge in [-0.1, -0.05) is 48.5 Å². The van der Waals surface area contributed by atoms with E-state index in [0.29, 0.717) is 24.9 Å². The van der Waals surface area contributed by atoms with Crippen LogP contribution in [0.4, 0.5) is 4.79 Å². The quantitative estimate of drug-likeness (QED) is 0.679. The number of fused-ring (bicyclic) bond motifs is 1. The molecule has 1 aromatic heterocycles. The van der Waals surface area contributed by atoms with Crippen LogP contribution in [0.1, 0.15) is 5.56 Å². The summed E-state index contributed by atoms with van der Waals surface area (Å²) >= 11 is 0. The molecular formula is C24H25N3O4. The Morgan fingerprint density at radius 2 is 1.48 bits per heavy atom. The van der Waals surface area contributed by atoms with E-state index in [2.05, 4.69) is 53.4 Å². The predicted molar refractivity (Wildman–Crippen MR) is 115 cm³/mol. The van der Waals surface area contributed by atoms with Crippen molar-refractivity contribution in [1.29, 1.82) is 0 Å². The van der Waals surface area contributed by atoms with Gasteiger partial charge < -0.3 is 20.0 Å². The summed E-state index contributed by atoms with van der Waals surface area (Å²) in [5.74, 6) is 0.178. The molecule has 2 fully saturated rings. The molecule has 2 atom stereocenters. The van der Waals surface area contributed by atoms with Gasteiger partial charge in [0, 0.05) is 44.9 Å². The third kappa shape index (κ3) is 3.96. The van der Waals surface area contributed by atoms with Crippen LogP contribution in [0, 0.1) is 11.8 Å². The zero-order chi connectivity index (χ0) is 21.4. The Labute approximate surface area is 180 Å². The maximum atomic E-state index is 12.4. The fourth-order valence-corrected chi connectivity index (χ4v) is 4.74. The molecule has 2 aliphatic heterocycles. The first-order valence-corrected chi connectivity index (χ1v) is 10.5. The van der Waals surface area contributed by atoms with E-state index in [-0.39, 0.29) is 11.8 Å². The summed E-state index contributed by atoms with van der Waals surface area (Å²) in [6.45, 7) is 4.00. The fourth-order valence-electron chi connectivity index (χ4n) is 4.74. The largest absolute Gasteiger partial charge is 0.492 e. The first-order chi connectivity index (χ1) is 15.1. The number of aromatic hydroxyl groups is 2. The minimum absolute atomic E-state index is 0.311. The molecule has 0 saturated carbocycles. The van der Waals surface area contributed by atoms with Gasteiger partial charge in [0.25, 0.3) is 0 Å². The molecule has 7 nitrogen and oxygen atoms in total. The Hall–Kier alpha value is -3.45. The number of nitrogens with zero attached hydrogens (tertiary/aromatic N) is 3. The van der Waals surface area contributed by atoms with Gasteiger partial charge in [-0.05, 0) is 34.6 Å². The molecule has 2 aromatic carbocycles. The number of carbonyl (C=O) groups is 1. The van der Waals surface area contributed by atoms with Gasteiger partial charge in [0.15, 0.2) is 0 Å². The molecule has 5 rings (SSSR count). The Kier molecular flexibility index (Phi) is 5.03. The van der Waals surface area contributed by atoms with Crippen molar-refractivity contribution in [3.05, 3.63) is 72.3 Å². The number of carbonyl (C=O) groups excluding carboxylic acids is 1. The molecule has 2 N–H and O–H groups in total. The lowest BCUT2D eigenvalue weighted by molar-refractivity contribution is 0.0774. The average Bonchev–Trinajstić information content (AvgIpc) is 3.44. The molecule has 7 heteroatoms. The molecule has 0 bridgehead atoms. The van der Waals surface area contributed by atoms with E-state index in [4.69, 9.17) is 4.84 Å². The molecule has 0 aliphatic carbocycles. The van der Waals surface area contributed by atoms with Gasteiger partial charge in [0.05, 0.1) is 0 Å². The number of hydrogen-bond donors (Lipinski definition) is 2. The van der Waals surface area contributed by atoms with Gasteiger partial charge in [0.2, 0.25) is 11.8 Å². The van der Waals surface area contributed by atoms with Gasteiger partial charge in [-0.3, -0.25) is 4.90 Å². The SMILES string of the molecule is O=C(On1c(O)ccc1O)N1CC2CN(Cc3cccc(-c4ccccc4)c3)CC2C1. The van der Waals surface area contributed by atoms with E-state index in [1.54, 1.807) is 4.90 Å². The van der Waals surface area contributed by atoms with Crippen molar-refractivity contribution in [2.75, 3.05) is 26.2 Å². The number of benzene rings is 2. The van der Waals surface area contributed by atoms with Gasteiger partial charge in [0.1, 0.15) is 0 Å². The van der Waals surface area contributed by atoms with Crippen LogP contribution in [0.2, 0.25) is 0 Å².